The van der Waals surface area contributed by atoms with E-state index in [1.54, 1.807) is 20.8 Å². The lowest BCUT2D eigenvalue weighted by atomic mass is 10.2. The average molecular weight is 254 g/mol. The number of benzene rings is 1. The van der Waals surface area contributed by atoms with Crippen LogP contribution in [-0.2, 0) is 4.74 Å². The van der Waals surface area contributed by atoms with Gasteiger partial charge >= 0.3 is 6.09 Å². The number of ether oxygens (including phenoxy) is 1. The summed E-state index contributed by atoms with van der Waals surface area (Å²) in [5, 5.41) is 0. The predicted molar refractivity (Wildman–Crippen MR) is 63.2 cm³/mol. The first-order valence-electron chi connectivity index (χ1n) is 5.33. The first-order chi connectivity index (χ1) is 8.28. The number of hydrogen-bond donors (Lipinski definition) is 2. The highest BCUT2D eigenvalue weighted by molar-refractivity contribution is 5.94. The third-order valence-electron chi connectivity index (χ3n) is 1.78. The molecule has 1 aromatic rings. The van der Waals surface area contributed by atoms with Crippen LogP contribution < -0.4 is 10.9 Å². The Kier molecular flexibility index (Phi) is 4.25. The summed E-state index contributed by atoms with van der Waals surface area (Å²) in [6.45, 7) is 5.11. The van der Waals surface area contributed by atoms with E-state index in [9.17, 15) is 14.0 Å². The molecule has 0 bridgehead atoms. The molecule has 2 amide bonds. The van der Waals surface area contributed by atoms with Gasteiger partial charge in [0.1, 0.15) is 11.4 Å². The van der Waals surface area contributed by atoms with Gasteiger partial charge in [-0.15, -0.1) is 0 Å². The summed E-state index contributed by atoms with van der Waals surface area (Å²) in [5.74, 6) is -0.993. The number of rotatable bonds is 1. The van der Waals surface area contributed by atoms with Crippen molar-refractivity contribution in [1.82, 2.24) is 10.9 Å². The fraction of sp³-hybridized carbons (Fsp3) is 0.333. The van der Waals surface area contributed by atoms with E-state index in [2.05, 4.69) is 10.9 Å². The second-order valence-corrected chi connectivity index (χ2v) is 4.59. The summed E-state index contributed by atoms with van der Waals surface area (Å²) in [5.41, 5.74) is 3.83. The average Bonchev–Trinajstić information content (AvgIpc) is 2.24. The monoisotopic (exact) mass is 254 g/mol. The Labute approximate surface area is 104 Å². The second kappa shape index (κ2) is 5.48. The van der Waals surface area contributed by atoms with Crippen LogP contribution in [0.4, 0.5) is 9.18 Å². The molecule has 6 heteroatoms. The summed E-state index contributed by atoms with van der Waals surface area (Å²) in [4.78, 5) is 22.8. The van der Waals surface area contributed by atoms with Crippen LogP contribution in [0.1, 0.15) is 31.1 Å². The maximum Gasteiger partial charge on any atom is 0.426 e. The van der Waals surface area contributed by atoms with Gasteiger partial charge in [0.2, 0.25) is 0 Å². The van der Waals surface area contributed by atoms with Gasteiger partial charge in [0, 0.05) is 5.56 Å². The summed E-state index contributed by atoms with van der Waals surface area (Å²) in [6, 6.07) is 4.92. The first-order valence-corrected chi connectivity index (χ1v) is 5.33. The minimum absolute atomic E-state index is 0.229. The van der Waals surface area contributed by atoms with E-state index in [4.69, 9.17) is 4.74 Å². The zero-order valence-corrected chi connectivity index (χ0v) is 10.4. The van der Waals surface area contributed by atoms with Crippen LogP contribution in [0.15, 0.2) is 24.3 Å². The van der Waals surface area contributed by atoms with E-state index < -0.39 is 23.4 Å². The fourth-order valence-corrected chi connectivity index (χ4v) is 1.08. The molecular formula is C12H15FN2O3. The fourth-order valence-electron chi connectivity index (χ4n) is 1.08. The minimum Gasteiger partial charge on any atom is -0.443 e. The van der Waals surface area contributed by atoms with Gasteiger partial charge in [0.25, 0.3) is 5.91 Å². The van der Waals surface area contributed by atoms with Crippen molar-refractivity contribution in [2.24, 2.45) is 0 Å². The first kappa shape index (κ1) is 14.0. The molecule has 0 fully saturated rings. The van der Waals surface area contributed by atoms with Crippen molar-refractivity contribution in [2.75, 3.05) is 0 Å². The van der Waals surface area contributed by atoms with Gasteiger partial charge in [-0.1, -0.05) is 0 Å². The molecule has 0 spiro atoms. The van der Waals surface area contributed by atoms with Crippen molar-refractivity contribution in [1.29, 1.82) is 0 Å². The normalized spacial score (nSPS) is 10.7. The number of nitrogens with one attached hydrogen (secondary N) is 2. The molecule has 0 heterocycles. The Morgan fingerprint density at radius 3 is 2.17 bits per heavy atom. The molecular weight excluding hydrogens is 239 g/mol. The summed E-state index contributed by atoms with van der Waals surface area (Å²) < 4.78 is 17.5. The highest BCUT2D eigenvalue weighted by Gasteiger charge is 2.16. The maximum atomic E-state index is 12.6. The SMILES string of the molecule is CC(C)(C)OC(=O)NNC(=O)c1ccc(F)cc1. The highest BCUT2D eigenvalue weighted by Crippen LogP contribution is 2.06. The highest BCUT2D eigenvalue weighted by atomic mass is 19.1. The lowest BCUT2D eigenvalue weighted by molar-refractivity contribution is 0.0483. The zero-order chi connectivity index (χ0) is 13.8. The van der Waals surface area contributed by atoms with E-state index in [0.29, 0.717) is 0 Å². The Morgan fingerprint density at radius 2 is 1.67 bits per heavy atom. The summed E-state index contributed by atoms with van der Waals surface area (Å²) in [7, 11) is 0. The molecule has 98 valence electrons. The molecule has 0 aromatic heterocycles. The summed E-state index contributed by atoms with van der Waals surface area (Å²) >= 11 is 0. The largest absolute Gasteiger partial charge is 0.443 e. The van der Waals surface area contributed by atoms with E-state index in [1.165, 1.54) is 12.1 Å². The molecule has 1 aromatic carbocycles. The van der Waals surface area contributed by atoms with E-state index in [-0.39, 0.29) is 5.56 Å². The van der Waals surface area contributed by atoms with Crippen molar-refractivity contribution in [3.05, 3.63) is 35.6 Å². The van der Waals surface area contributed by atoms with Gasteiger partial charge in [-0.05, 0) is 45.0 Å². The second-order valence-electron chi connectivity index (χ2n) is 4.59. The van der Waals surface area contributed by atoms with Crippen LogP contribution in [0, 0.1) is 5.82 Å². The van der Waals surface area contributed by atoms with Crippen molar-refractivity contribution >= 4 is 12.0 Å². The number of amides is 2. The third-order valence-corrected chi connectivity index (χ3v) is 1.78. The standard InChI is InChI=1S/C12H15FN2O3/c1-12(2,3)18-11(17)15-14-10(16)8-4-6-9(13)7-5-8/h4-7H,1-3H3,(H,14,16)(H,15,17). The lowest BCUT2D eigenvalue weighted by Crippen LogP contribution is -2.44. The molecule has 0 saturated carbocycles. The van der Waals surface area contributed by atoms with Crippen molar-refractivity contribution in [3.8, 4) is 0 Å². The van der Waals surface area contributed by atoms with Gasteiger partial charge in [-0.2, -0.15) is 0 Å². The zero-order valence-electron chi connectivity index (χ0n) is 10.4. The topological polar surface area (TPSA) is 67.4 Å². The Morgan fingerprint density at radius 1 is 1.11 bits per heavy atom. The summed E-state index contributed by atoms with van der Waals surface area (Å²) in [6.07, 6.45) is -0.766. The van der Waals surface area contributed by atoms with Crippen molar-refractivity contribution in [2.45, 2.75) is 26.4 Å². The molecule has 0 saturated heterocycles. The lowest BCUT2D eigenvalue weighted by Gasteiger charge is -2.19. The van der Waals surface area contributed by atoms with Crippen LogP contribution in [0.2, 0.25) is 0 Å². The maximum absolute atomic E-state index is 12.6. The van der Waals surface area contributed by atoms with Crippen LogP contribution >= 0.6 is 0 Å². The van der Waals surface area contributed by atoms with Crippen molar-refractivity contribution in [3.63, 3.8) is 0 Å². The van der Waals surface area contributed by atoms with Crippen LogP contribution in [-0.4, -0.2) is 17.6 Å². The Balaban J connectivity index is 2.47. The molecule has 0 unspecified atom stereocenters. The number of halogens is 1. The van der Waals surface area contributed by atoms with Gasteiger partial charge in [-0.25, -0.2) is 14.6 Å². The Hall–Kier alpha value is -2.11. The molecule has 0 aliphatic rings. The minimum atomic E-state index is -0.766. The Bertz CT molecular complexity index is 438. The van der Waals surface area contributed by atoms with E-state index in [0.717, 1.165) is 12.1 Å². The molecule has 0 aliphatic heterocycles. The quantitative estimate of drug-likeness (QED) is 0.753. The van der Waals surface area contributed by atoms with E-state index >= 15 is 0 Å². The third kappa shape index (κ3) is 4.82. The van der Waals surface area contributed by atoms with Gasteiger partial charge in [0.15, 0.2) is 0 Å². The van der Waals surface area contributed by atoms with Crippen LogP contribution in [0.5, 0.6) is 0 Å². The van der Waals surface area contributed by atoms with Gasteiger partial charge < -0.3 is 4.74 Å². The smallest absolute Gasteiger partial charge is 0.426 e. The van der Waals surface area contributed by atoms with E-state index in [1.807, 2.05) is 0 Å². The molecule has 0 aliphatic carbocycles. The van der Waals surface area contributed by atoms with Crippen LogP contribution in [0.3, 0.4) is 0 Å². The van der Waals surface area contributed by atoms with Crippen LogP contribution in [0.25, 0.3) is 0 Å². The molecule has 1 rings (SSSR count). The molecule has 0 radical (unpaired) electrons. The molecule has 18 heavy (non-hydrogen) atoms. The van der Waals surface area contributed by atoms with Gasteiger partial charge in [-0.3, -0.25) is 10.2 Å². The number of hydrogen-bond acceptors (Lipinski definition) is 3. The molecule has 2 N–H and O–H groups in total. The number of carbonyl (C=O) groups is 2. The number of carbonyl (C=O) groups excluding carboxylic acids is 2. The van der Waals surface area contributed by atoms with Gasteiger partial charge in [0.05, 0.1) is 0 Å². The number of hydrazine groups is 1. The molecule has 0 atom stereocenters. The van der Waals surface area contributed by atoms with Crippen molar-refractivity contribution < 1.29 is 18.7 Å². The predicted octanol–water partition coefficient (Wildman–Crippen LogP) is 2.00. The molecule has 5 nitrogen and oxygen atoms in total.